The Labute approximate surface area is 517 Å². The van der Waals surface area contributed by atoms with E-state index in [1.54, 1.807) is 0 Å². The van der Waals surface area contributed by atoms with Crippen molar-refractivity contribution < 1.29 is 68.0 Å². The normalized spacial score (nSPS) is 42.7. The second kappa shape index (κ2) is 33.0. The summed E-state index contributed by atoms with van der Waals surface area (Å²) in [5.41, 5.74) is 0.694. The fraction of sp³-hybridized carbons (Fsp3) is 1.00. The zero-order chi connectivity index (χ0) is 59.4. The lowest BCUT2D eigenvalue weighted by Gasteiger charge is -2.47. The van der Waals surface area contributed by atoms with Gasteiger partial charge in [0, 0.05) is 33.0 Å². The molecule has 0 bridgehead atoms. The molecule has 16 nitrogen and oxygen atoms in total. The van der Waals surface area contributed by atoms with Crippen molar-refractivity contribution in [3.8, 4) is 0 Å². The van der Waals surface area contributed by atoms with Crippen molar-refractivity contribution in [3.05, 3.63) is 0 Å². The van der Waals surface area contributed by atoms with E-state index < -0.39 is 109 Å². The molecule has 7 aliphatic rings. The molecule has 0 spiro atoms. The van der Waals surface area contributed by atoms with Gasteiger partial charge in [0.05, 0.1) is 18.3 Å². The van der Waals surface area contributed by atoms with Gasteiger partial charge in [-0.25, -0.2) is 0 Å². The molecular weight excluding hydrogens is 1240 g/mol. The van der Waals surface area contributed by atoms with Crippen LogP contribution in [0.1, 0.15) is 163 Å². The van der Waals surface area contributed by atoms with Gasteiger partial charge in [-0.05, 0) is 253 Å². The lowest BCUT2D eigenvalue weighted by Crippen LogP contribution is -2.60. The minimum absolute atomic E-state index is 0.330. The zero-order valence-corrected chi connectivity index (χ0v) is 67.8. The van der Waals surface area contributed by atoms with Gasteiger partial charge in [0.25, 0.3) is 65.0 Å². The van der Waals surface area contributed by atoms with Gasteiger partial charge in [-0.2, -0.15) is 0 Å². The molecule has 0 amide bonds. The molecule has 7 fully saturated rings. The maximum absolute atomic E-state index is 7.06. The molecule has 0 aromatic carbocycles. The van der Waals surface area contributed by atoms with Crippen LogP contribution in [0.25, 0.3) is 0 Å². The average Bonchev–Trinajstić information content (AvgIpc) is 3.44. The maximum Gasteiger partial charge on any atom is 0.479 e. The Morgan fingerprint density at radius 1 is 0.354 bits per heavy atom. The van der Waals surface area contributed by atoms with Crippen molar-refractivity contribution in [3.63, 3.8) is 0 Å². The highest BCUT2D eigenvalue weighted by Crippen LogP contribution is 2.51. The summed E-state index contributed by atoms with van der Waals surface area (Å²) in [6.45, 7) is 38.9. The van der Waals surface area contributed by atoms with Crippen LogP contribution in [-0.4, -0.2) is 153 Å². The Kier molecular flexibility index (Phi) is 28.7. The van der Waals surface area contributed by atoms with Crippen LogP contribution in [-0.2, 0) is 68.0 Å². The van der Waals surface area contributed by atoms with E-state index in [0.717, 1.165) is 106 Å². The molecule has 8 unspecified atom stereocenters. The molecule has 0 radical (unpaired) electrons. The molecule has 82 heavy (non-hydrogen) atoms. The predicted molar refractivity (Wildman–Crippen MR) is 355 cm³/mol. The van der Waals surface area contributed by atoms with E-state index in [2.05, 4.69) is 106 Å². The number of rotatable bonds is 24. The van der Waals surface area contributed by atoms with Crippen molar-refractivity contribution in [2.75, 3.05) is 26.4 Å². The van der Waals surface area contributed by atoms with E-state index in [4.69, 9.17) is 68.0 Å². The highest BCUT2D eigenvalue weighted by molar-refractivity contribution is 6.85. The van der Waals surface area contributed by atoms with E-state index >= 15 is 0 Å². The molecule has 0 aromatic rings. The van der Waals surface area contributed by atoms with Crippen LogP contribution in [0.4, 0.5) is 0 Å². The molecule has 28 heteroatoms. The van der Waals surface area contributed by atoms with Crippen LogP contribution in [0.5, 0.6) is 0 Å². The van der Waals surface area contributed by atoms with Crippen LogP contribution >= 0.6 is 0 Å². The predicted octanol–water partition coefficient (Wildman–Crippen LogP) is 11.4. The first-order valence-electron chi connectivity index (χ1n) is 33.2. The minimum Gasteiger partial charge on any atom is -0.420 e. The van der Waals surface area contributed by atoms with E-state index in [9.17, 15) is 0 Å². The van der Waals surface area contributed by atoms with Crippen LogP contribution in [0.15, 0.2) is 0 Å². The summed E-state index contributed by atoms with van der Waals surface area (Å²) in [4.78, 5) is 0. The Morgan fingerprint density at radius 2 is 0.646 bits per heavy atom. The largest absolute Gasteiger partial charge is 0.479 e. The molecule has 480 valence electrons. The van der Waals surface area contributed by atoms with Gasteiger partial charge in [0.15, 0.2) is 0 Å². The lowest BCUT2D eigenvalue weighted by molar-refractivity contribution is -0.0352. The first kappa shape index (κ1) is 71.4. The smallest absolute Gasteiger partial charge is 0.420 e. The highest BCUT2D eigenvalue weighted by atomic mass is 28.5. The lowest BCUT2D eigenvalue weighted by atomic mass is 9.59. The second-order valence-electron chi connectivity index (χ2n) is 28.0. The van der Waals surface area contributed by atoms with Gasteiger partial charge in [-0.15, -0.1) is 0 Å². The van der Waals surface area contributed by atoms with Crippen LogP contribution in [0.2, 0.25) is 96.7 Å². The van der Waals surface area contributed by atoms with Crippen molar-refractivity contribution >= 4 is 109 Å². The van der Waals surface area contributed by atoms with Crippen molar-refractivity contribution in [1.82, 2.24) is 0 Å². The van der Waals surface area contributed by atoms with Gasteiger partial charge in [0.1, 0.15) is 0 Å². The molecule has 7 rings (SSSR count). The Bertz CT molecular complexity index is 1700. The fourth-order valence-electron chi connectivity index (χ4n) is 15.9. The molecule has 4 aliphatic carbocycles. The monoisotopic (exact) mass is 1360 g/mol. The number of ether oxygens (including phenoxy) is 3. The van der Waals surface area contributed by atoms with Gasteiger partial charge >= 0.3 is 43.8 Å². The molecule has 3 aliphatic heterocycles. The van der Waals surface area contributed by atoms with E-state index in [-0.39, 0.29) is 0 Å². The molecular formula is C54H120O16Si12. The fourth-order valence-corrected chi connectivity index (χ4v) is 61.1. The first-order chi connectivity index (χ1) is 38.7. The Balaban J connectivity index is 0.741. The van der Waals surface area contributed by atoms with Crippen molar-refractivity contribution in [2.45, 2.75) is 278 Å². The summed E-state index contributed by atoms with van der Waals surface area (Å²) < 4.78 is 104. The first-order valence-corrected chi connectivity index (χ1v) is 59.8. The minimum atomic E-state index is -2.97. The van der Waals surface area contributed by atoms with Gasteiger partial charge in [-0.3, -0.25) is 0 Å². The zero-order valence-electron chi connectivity index (χ0n) is 54.6. The molecule has 0 N–H and O–H groups in total. The van der Waals surface area contributed by atoms with E-state index in [1.165, 1.54) is 96.3 Å². The second-order valence-corrected chi connectivity index (χ2v) is 59.3. The Hall–Kier alpha value is 1.96. The van der Waals surface area contributed by atoms with E-state index in [0.29, 0.717) is 35.7 Å². The molecule has 4 saturated carbocycles. The quantitative estimate of drug-likeness (QED) is 0.0666. The highest BCUT2D eigenvalue weighted by Gasteiger charge is 2.50. The molecule has 3 saturated heterocycles. The third-order valence-corrected chi connectivity index (χ3v) is 63.1. The molecule has 3 heterocycles. The van der Waals surface area contributed by atoms with Crippen LogP contribution in [0, 0.1) is 40.4 Å². The standard InChI is InChI=1S/C54H120O16Si12/c1-53(2,47-26-32-50(33-27-47)55-38-18-42-79(13)64-73(7)59-71(5)60-74(8)65-79)46-24-22-45(23-25-46)21-17-41-58-82(16)69-78(12)63-77(11)68-81(15,70-82)44-20-40-57-52-36-30-49(31-37-52)54(3,4)48-28-34-51(35-29-48)56-39-19-43-80(14)66-75(9)61-72(6)62-76(10)67-80/h45-52,71-78H,17-44H2,1-16H3. The Morgan fingerprint density at radius 3 is 1.00 bits per heavy atom. The van der Waals surface area contributed by atoms with Gasteiger partial charge in [-0.1, -0.05) is 40.5 Å². The third-order valence-electron chi connectivity index (χ3n) is 20.4. The van der Waals surface area contributed by atoms with Crippen LogP contribution < -0.4 is 0 Å². The summed E-state index contributed by atoms with van der Waals surface area (Å²) in [6, 6.07) is 2.75. The average molecular weight is 1360 g/mol. The van der Waals surface area contributed by atoms with E-state index in [1.807, 2.05) is 0 Å². The van der Waals surface area contributed by atoms with Crippen molar-refractivity contribution in [1.29, 1.82) is 0 Å². The topological polar surface area (TPSA) is 148 Å². The van der Waals surface area contributed by atoms with Crippen molar-refractivity contribution in [2.24, 2.45) is 40.4 Å². The SMILES string of the molecule is C[SiH]1O[SiH](C)O[Si](C)(CCCOC2CCC(C(C)(C)C3CCC(CCCO[Si]4(C)O[SiH](C)O[SiH](C)O[Si](C)(CCCOC5CCC(C(C)(C)C6CCC(OCCC[Si]7(C)O[SiH](C)O[SiH](C)O[SiH](C)O7)CC6)CC5)O4)CC3)CC2)O[SiH](C)O1. The van der Waals surface area contributed by atoms with Gasteiger partial charge < -0.3 is 68.0 Å². The maximum atomic E-state index is 7.06. The summed E-state index contributed by atoms with van der Waals surface area (Å²) in [5, 5.41) is 0. The number of hydrogen-bond acceptors (Lipinski definition) is 16. The molecule has 8 atom stereocenters. The summed E-state index contributed by atoms with van der Waals surface area (Å²) in [6.07, 6.45) is 26.2. The summed E-state index contributed by atoms with van der Waals surface area (Å²) in [7, 11) is -24.1. The van der Waals surface area contributed by atoms with Crippen LogP contribution in [0.3, 0.4) is 0 Å². The number of hydrogen-bond donors (Lipinski definition) is 0. The summed E-state index contributed by atoms with van der Waals surface area (Å²) >= 11 is 0. The van der Waals surface area contributed by atoms with Gasteiger partial charge in [0.2, 0.25) is 0 Å². The third kappa shape index (κ3) is 22.7. The summed E-state index contributed by atoms with van der Waals surface area (Å²) in [5.74, 6) is 3.83. The molecule has 0 aromatic heterocycles.